The fourth-order valence-corrected chi connectivity index (χ4v) is 3.22. The number of benzene rings is 1. The van der Waals surface area contributed by atoms with Gasteiger partial charge >= 0.3 is 0 Å². The van der Waals surface area contributed by atoms with E-state index >= 15 is 0 Å². The smallest absolute Gasteiger partial charge is 0.231 e. The van der Waals surface area contributed by atoms with Crippen LogP contribution in [0.3, 0.4) is 0 Å². The first-order valence-electron chi connectivity index (χ1n) is 7.52. The number of rotatable bonds is 3. The first-order valence-corrected chi connectivity index (χ1v) is 7.52. The summed E-state index contributed by atoms with van der Waals surface area (Å²) in [6, 6.07) is 5.71. The molecular weight excluding hydrogens is 304 g/mol. The number of hydrogen-bond acceptors (Lipinski definition) is 4. The number of hydrogen-bond donors (Lipinski definition) is 2. The molecule has 122 valence electrons. The lowest BCUT2D eigenvalue weighted by molar-refractivity contribution is -0.128. The van der Waals surface area contributed by atoms with Crippen molar-refractivity contribution in [3.8, 4) is 11.5 Å². The minimum absolute atomic E-state index is 0. The van der Waals surface area contributed by atoms with E-state index < -0.39 is 5.54 Å². The molecule has 2 atom stereocenters. The Morgan fingerprint density at radius 1 is 1.41 bits per heavy atom. The van der Waals surface area contributed by atoms with Gasteiger partial charge in [-0.05, 0) is 25.8 Å². The molecule has 1 heterocycles. The van der Waals surface area contributed by atoms with Gasteiger partial charge in [0.2, 0.25) is 12.7 Å². The molecule has 0 radical (unpaired) electrons. The van der Waals surface area contributed by atoms with Crippen LogP contribution in [0, 0.1) is 5.92 Å². The van der Waals surface area contributed by atoms with Crippen molar-refractivity contribution in [3.63, 3.8) is 0 Å². The molecule has 2 aliphatic rings. The monoisotopic (exact) mass is 326 g/mol. The van der Waals surface area contributed by atoms with Gasteiger partial charge in [0.1, 0.15) is 0 Å². The highest BCUT2D eigenvalue weighted by atomic mass is 35.5. The molecule has 1 amide bonds. The standard InChI is InChI=1S/C16H22N2O3.ClH/c1-16(17)8-3-2-6-12(16)15(19)18-9-11-5-4-7-13-14(11)21-10-20-13;/h4-5,7,12H,2-3,6,8-10,17H2,1H3,(H,18,19);1H. The molecule has 1 saturated carbocycles. The number of amides is 1. The van der Waals surface area contributed by atoms with Crippen LogP contribution in [0.5, 0.6) is 11.5 Å². The molecule has 22 heavy (non-hydrogen) atoms. The Hall–Kier alpha value is -1.46. The van der Waals surface area contributed by atoms with Gasteiger partial charge in [0, 0.05) is 17.6 Å². The topological polar surface area (TPSA) is 73.6 Å². The maximum Gasteiger partial charge on any atom is 0.231 e. The molecule has 3 rings (SSSR count). The number of fused-ring (bicyclic) bond motifs is 1. The second-order valence-electron chi connectivity index (χ2n) is 6.17. The fourth-order valence-electron chi connectivity index (χ4n) is 3.22. The second-order valence-corrected chi connectivity index (χ2v) is 6.17. The summed E-state index contributed by atoms with van der Waals surface area (Å²) in [5.41, 5.74) is 6.81. The predicted molar refractivity (Wildman–Crippen MR) is 86.2 cm³/mol. The Bertz CT molecular complexity index is 548. The number of nitrogens with one attached hydrogen (secondary N) is 1. The minimum atomic E-state index is -0.402. The summed E-state index contributed by atoms with van der Waals surface area (Å²) in [7, 11) is 0. The normalized spacial score (nSPS) is 26.2. The lowest BCUT2D eigenvalue weighted by Gasteiger charge is -2.37. The van der Waals surface area contributed by atoms with Crippen LogP contribution < -0.4 is 20.5 Å². The van der Waals surface area contributed by atoms with Crippen LogP contribution in [-0.4, -0.2) is 18.2 Å². The summed E-state index contributed by atoms with van der Waals surface area (Å²) in [6.45, 7) is 2.66. The summed E-state index contributed by atoms with van der Waals surface area (Å²) in [5, 5.41) is 3.00. The Kier molecular flexibility index (Phi) is 5.19. The number of para-hydroxylation sites is 1. The third kappa shape index (κ3) is 3.31. The van der Waals surface area contributed by atoms with Crippen molar-refractivity contribution in [2.75, 3.05) is 6.79 Å². The number of ether oxygens (including phenoxy) is 2. The van der Waals surface area contributed by atoms with Crippen LogP contribution in [0.2, 0.25) is 0 Å². The molecule has 1 aliphatic carbocycles. The molecule has 0 aromatic heterocycles. The average Bonchev–Trinajstić information content (AvgIpc) is 2.93. The van der Waals surface area contributed by atoms with E-state index in [9.17, 15) is 4.79 Å². The molecule has 1 aromatic carbocycles. The highest BCUT2D eigenvalue weighted by Crippen LogP contribution is 2.35. The van der Waals surface area contributed by atoms with Gasteiger partial charge in [0.25, 0.3) is 0 Å². The van der Waals surface area contributed by atoms with Gasteiger partial charge in [0.15, 0.2) is 11.5 Å². The van der Waals surface area contributed by atoms with E-state index in [1.807, 2.05) is 25.1 Å². The van der Waals surface area contributed by atoms with Crippen LogP contribution >= 0.6 is 12.4 Å². The average molecular weight is 327 g/mol. The van der Waals surface area contributed by atoms with Crippen molar-refractivity contribution in [2.45, 2.75) is 44.7 Å². The Labute approximate surface area is 137 Å². The van der Waals surface area contributed by atoms with E-state index in [4.69, 9.17) is 15.2 Å². The first kappa shape index (κ1) is 16.9. The quantitative estimate of drug-likeness (QED) is 0.894. The maximum absolute atomic E-state index is 12.4. The van der Waals surface area contributed by atoms with Crippen molar-refractivity contribution in [1.82, 2.24) is 5.32 Å². The summed E-state index contributed by atoms with van der Waals surface area (Å²) >= 11 is 0. The SMILES string of the molecule is CC1(N)CCCCC1C(=O)NCc1cccc2c1OCO2.Cl. The van der Waals surface area contributed by atoms with Crippen molar-refractivity contribution in [2.24, 2.45) is 11.7 Å². The molecule has 1 fully saturated rings. The molecule has 6 heteroatoms. The van der Waals surface area contributed by atoms with E-state index in [-0.39, 0.29) is 31.0 Å². The molecular formula is C16H23ClN2O3. The fraction of sp³-hybridized carbons (Fsp3) is 0.562. The predicted octanol–water partition coefficient (Wildman–Crippen LogP) is 2.36. The summed E-state index contributed by atoms with van der Waals surface area (Å²) in [4.78, 5) is 12.4. The van der Waals surface area contributed by atoms with Crippen LogP contribution in [-0.2, 0) is 11.3 Å². The van der Waals surface area contributed by atoms with E-state index in [0.29, 0.717) is 6.54 Å². The molecule has 1 aromatic rings. The molecule has 5 nitrogen and oxygen atoms in total. The van der Waals surface area contributed by atoms with Gasteiger partial charge < -0.3 is 20.5 Å². The highest BCUT2D eigenvalue weighted by molar-refractivity contribution is 5.85. The minimum Gasteiger partial charge on any atom is -0.454 e. The molecule has 2 unspecified atom stereocenters. The number of carbonyl (C=O) groups is 1. The Balaban J connectivity index is 0.00000176. The number of nitrogens with two attached hydrogens (primary N) is 1. The molecule has 0 saturated heterocycles. The van der Waals surface area contributed by atoms with E-state index in [0.717, 1.165) is 42.7 Å². The van der Waals surface area contributed by atoms with E-state index in [1.165, 1.54) is 0 Å². The summed E-state index contributed by atoms with van der Waals surface area (Å²) < 4.78 is 10.8. The van der Waals surface area contributed by atoms with Crippen molar-refractivity contribution >= 4 is 18.3 Å². The van der Waals surface area contributed by atoms with Gasteiger partial charge in [0.05, 0.1) is 5.92 Å². The van der Waals surface area contributed by atoms with Crippen molar-refractivity contribution < 1.29 is 14.3 Å². The first-order chi connectivity index (χ1) is 10.1. The van der Waals surface area contributed by atoms with Gasteiger partial charge in [-0.3, -0.25) is 4.79 Å². The molecule has 1 aliphatic heterocycles. The van der Waals surface area contributed by atoms with Crippen LogP contribution in [0.1, 0.15) is 38.2 Å². The maximum atomic E-state index is 12.4. The highest BCUT2D eigenvalue weighted by Gasteiger charge is 2.37. The zero-order valence-corrected chi connectivity index (χ0v) is 13.6. The van der Waals surface area contributed by atoms with Gasteiger partial charge in [-0.2, -0.15) is 0 Å². The van der Waals surface area contributed by atoms with Crippen molar-refractivity contribution in [1.29, 1.82) is 0 Å². The molecule has 3 N–H and O–H groups in total. The number of carbonyl (C=O) groups excluding carboxylic acids is 1. The zero-order valence-electron chi connectivity index (χ0n) is 12.8. The van der Waals surface area contributed by atoms with Crippen LogP contribution in [0.4, 0.5) is 0 Å². The third-order valence-corrected chi connectivity index (χ3v) is 4.50. The molecule has 0 spiro atoms. The van der Waals surface area contributed by atoms with Gasteiger partial charge in [-0.15, -0.1) is 12.4 Å². The largest absolute Gasteiger partial charge is 0.454 e. The number of halogens is 1. The lowest BCUT2D eigenvalue weighted by Crippen LogP contribution is -2.52. The summed E-state index contributed by atoms with van der Waals surface area (Å²) in [5.74, 6) is 1.40. The van der Waals surface area contributed by atoms with Crippen molar-refractivity contribution in [3.05, 3.63) is 23.8 Å². The van der Waals surface area contributed by atoms with Crippen LogP contribution in [0.25, 0.3) is 0 Å². The summed E-state index contributed by atoms with van der Waals surface area (Å²) in [6.07, 6.45) is 3.95. The third-order valence-electron chi connectivity index (χ3n) is 4.50. The van der Waals surface area contributed by atoms with E-state index in [2.05, 4.69) is 5.32 Å². The molecule has 0 bridgehead atoms. The van der Waals surface area contributed by atoms with Gasteiger partial charge in [-0.1, -0.05) is 25.0 Å². The zero-order chi connectivity index (χ0) is 14.9. The second kappa shape index (κ2) is 6.75. The Morgan fingerprint density at radius 2 is 2.23 bits per heavy atom. The van der Waals surface area contributed by atoms with Gasteiger partial charge in [-0.25, -0.2) is 0 Å². The Morgan fingerprint density at radius 3 is 3.00 bits per heavy atom. The van der Waals surface area contributed by atoms with E-state index in [1.54, 1.807) is 0 Å². The lowest BCUT2D eigenvalue weighted by atomic mass is 9.74. The van der Waals surface area contributed by atoms with Crippen LogP contribution in [0.15, 0.2) is 18.2 Å².